The summed E-state index contributed by atoms with van der Waals surface area (Å²) in [5.41, 5.74) is 1.79. The van der Waals surface area contributed by atoms with Gasteiger partial charge in [0.1, 0.15) is 5.82 Å². The predicted molar refractivity (Wildman–Crippen MR) is 74.2 cm³/mol. The van der Waals surface area contributed by atoms with E-state index in [-0.39, 0.29) is 24.6 Å². The second-order valence-corrected chi connectivity index (χ2v) is 4.60. The van der Waals surface area contributed by atoms with E-state index in [2.05, 4.69) is 10.3 Å². The molecule has 0 radical (unpaired) electrons. The summed E-state index contributed by atoms with van der Waals surface area (Å²) < 4.78 is 14.5. The van der Waals surface area contributed by atoms with E-state index in [0.717, 1.165) is 11.4 Å². The van der Waals surface area contributed by atoms with Crippen LogP contribution in [0.4, 0.5) is 10.1 Å². The molecule has 0 fully saturated rings. The van der Waals surface area contributed by atoms with Gasteiger partial charge in [-0.05, 0) is 32.0 Å². The van der Waals surface area contributed by atoms with Crippen molar-refractivity contribution in [3.63, 3.8) is 0 Å². The van der Waals surface area contributed by atoms with Gasteiger partial charge in [-0.25, -0.2) is 9.18 Å². The van der Waals surface area contributed by atoms with Crippen LogP contribution >= 0.6 is 0 Å². The lowest BCUT2D eigenvalue weighted by Crippen LogP contribution is -2.22. The normalized spacial score (nSPS) is 10.6. The van der Waals surface area contributed by atoms with Crippen LogP contribution < -0.4 is 11.0 Å². The van der Waals surface area contributed by atoms with Crippen LogP contribution in [-0.2, 0) is 11.3 Å². The average molecular weight is 277 g/mol. The lowest BCUT2D eigenvalue weighted by Gasteiger charge is -2.06. The highest BCUT2D eigenvalue weighted by atomic mass is 19.1. The quantitative estimate of drug-likeness (QED) is 0.897. The van der Waals surface area contributed by atoms with Gasteiger partial charge < -0.3 is 10.3 Å². The number of nitrogens with one attached hydrogen (secondary N) is 2. The molecule has 0 atom stereocenters. The smallest absolute Gasteiger partial charge is 0.325 e. The van der Waals surface area contributed by atoms with Crippen molar-refractivity contribution in [2.45, 2.75) is 26.8 Å². The molecule has 20 heavy (non-hydrogen) atoms. The van der Waals surface area contributed by atoms with E-state index in [9.17, 15) is 14.0 Å². The number of aromatic amines is 1. The van der Waals surface area contributed by atoms with Crippen LogP contribution in [0.1, 0.15) is 17.8 Å². The number of hydrogen-bond donors (Lipinski definition) is 2. The monoisotopic (exact) mass is 277 g/mol. The molecule has 2 aromatic rings. The summed E-state index contributed by atoms with van der Waals surface area (Å²) in [7, 11) is 0. The minimum Gasteiger partial charge on any atom is -0.326 e. The molecule has 0 saturated heterocycles. The Morgan fingerprint density at radius 1 is 1.40 bits per heavy atom. The van der Waals surface area contributed by atoms with Crippen molar-refractivity contribution in [1.29, 1.82) is 0 Å². The fourth-order valence-electron chi connectivity index (χ4n) is 1.95. The second kappa shape index (κ2) is 5.73. The molecule has 1 aromatic carbocycles. The van der Waals surface area contributed by atoms with Gasteiger partial charge in [-0.15, -0.1) is 0 Å². The van der Waals surface area contributed by atoms with Crippen molar-refractivity contribution in [2.24, 2.45) is 0 Å². The molecule has 0 unspecified atom stereocenters. The predicted octanol–water partition coefficient (Wildman–Crippen LogP) is 1.96. The number of nitrogens with zero attached hydrogens (tertiary/aromatic N) is 1. The Labute approximate surface area is 115 Å². The first-order chi connectivity index (χ1) is 9.47. The molecule has 6 heteroatoms. The Hall–Kier alpha value is -2.37. The van der Waals surface area contributed by atoms with Crippen LogP contribution in [0.2, 0.25) is 0 Å². The summed E-state index contributed by atoms with van der Waals surface area (Å²) in [5.74, 6) is -0.670. The Morgan fingerprint density at radius 3 is 2.75 bits per heavy atom. The van der Waals surface area contributed by atoms with E-state index in [4.69, 9.17) is 0 Å². The molecule has 106 valence electrons. The summed E-state index contributed by atoms with van der Waals surface area (Å²) in [6.45, 7) is 3.91. The van der Waals surface area contributed by atoms with Crippen molar-refractivity contribution >= 4 is 11.6 Å². The molecule has 1 aromatic heterocycles. The van der Waals surface area contributed by atoms with Crippen LogP contribution in [0.5, 0.6) is 0 Å². The number of imidazole rings is 1. The maximum absolute atomic E-state index is 13.0. The Morgan fingerprint density at radius 2 is 2.15 bits per heavy atom. The largest absolute Gasteiger partial charge is 0.326 e. The van der Waals surface area contributed by atoms with E-state index in [1.54, 1.807) is 13.0 Å². The topological polar surface area (TPSA) is 66.9 Å². The number of aryl methyl sites for hydroxylation is 1. The van der Waals surface area contributed by atoms with Crippen molar-refractivity contribution in [3.05, 3.63) is 52.0 Å². The minimum absolute atomic E-state index is 0.147. The van der Waals surface area contributed by atoms with E-state index >= 15 is 0 Å². The van der Waals surface area contributed by atoms with Gasteiger partial charge in [-0.2, -0.15) is 0 Å². The number of carbonyl (C=O) groups excluding carboxylic acids is 1. The molecule has 5 nitrogen and oxygen atoms in total. The Balaban J connectivity index is 1.97. The fourth-order valence-corrected chi connectivity index (χ4v) is 1.95. The molecular formula is C14H16FN3O2. The molecular weight excluding hydrogens is 261 g/mol. The molecule has 0 aliphatic heterocycles. The number of H-pyrrole nitrogens is 1. The van der Waals surface area contributed by atoms with Crippen molar-refractivity contribution in [1.82, 2.24) is 9.55 Å². The number of hydrogen-bond acceptors (Lipinski definition) is 2. The molecule has 2 rings (SSSR count). The van der Waals surface area contributed by atoms with E-state index in [1.165, 1.54) is 22.8 Å². The summed E-state index contributed by atoms with van der Waals surface area (Å²) in [6.07, 6.45) is 0.147. The number of carbonyl (C=O) groups is 1. The molecule has 0 spiro atoms. The highest BCUT2D eigenvalue weighted by Gasteiger charge is 2.09. The van der Waals surface area contributed by atoms with Crippen LogP contribution in [-0.4, -0.2) is 15.5 Å². The molecule has 0 aliphatic rings. The van der Waals surface area contributed by atoms with E-state index in [1.807, 2.05) is 6.92 Å². The summed E-state index contributed by atoms with van der Waals surface area (Å²) in [6, 6.07) is 5.69. The van der Waals surface area contributed by atoms with Gasteiger partial charge >= 0.3 is 5.69 Å². The first-order valence-corrected chi connectivity index (χ1v) is 6.29. The highest BCUT2D eigenvalue weighted by molar-refractivity contribution is 5.90. The van der Waals surface area contributed by atoms with Crippen molar-refractivity contribution in [2.75, 3.05) is 5.32 Å². The van der Waals surface area contributed by atoms with Crippen molar-refractivity contribution in [3.8, 4) is 0 Å². The third kappa shape index (κ3) is 3.14. The summed E-state index contributed by atoms with van der Waals surface area (Å²) in [4.78, 5) is 26.1. The molecule has 1 heterocycles. The molecule has 2 N–H and O–H groups in total. The Bertz CT molecular complexity index is 688. The highest BCUT2D eigenvalue weighted by Crippen LogP contribution is 2.09. The van der Waals surface area contributed by atoms with Crippen LogP contribution in [0.3, 0.4) is 0 Å². The fraction of sp³-hybridized carbons (Fsp3) is 0.286. The van der Waals surface area contributed by atoms with Gasteiger partial charge in [0, 0.05) is 30.0 Å². The van der Waals surface area contributed by atoms with E-state index in [0.29, 0.717) is 5.69 Å². The van der Waals surface area contributed by atoms with Crippen LogP contribution in [0, 0.1) is 19.7 Å². The first-order valence-electron chi connectivity index (χ1n) is 6.29. The van der Waals surface area contributed by atoms with Crippen LogP contribution in [0.25, 0.3) is 0 Å². The number of amides is 1. The SMILES string of the molecule is Cc1[nH]c(=O)n(CCC(=O)Nc2cccc(F)c2)c1C. The lowest BCUT2D eigenvalue weighted by molar-refractivity contribution is -0.116. The number of rotatable bonds is 4. The minimum atomic E-state index is -0.406. The first kappa shape index (κ1) is 14.0. The average Bonchev–Trinajstić information content (AvgIpc) is 2.61. The molecule has 1 amide bonds. The van der Waals surface area contributed by atoms with Crippen molar-refractivity contribution < 1.29 is 9.18 Å². The second-order valence-electron chi connectivity index (χ2n) is 4.60. The zero-order chi connectivity index (χ0) is 14.7. The van der Waals surface area contributed by atoms with Gasteiger partial charge in [0.15, 0.2) is 0 Å². The maximum Gasteiger partial charge on any atom is 0.325 e. The Kier molecular flexibility index (Phi) is 4.02. The van der Waals surface area contributed by atoms with Crippen LogP contribution in [0.15, 0.2) is 29.1 Å². The molecule has 0 saturated carbocycles. The summed E-state index contributed by atoms with van der Waals surface area (Å²) >= 11 is 0. The third-order valence-electron chi connectivity index (χ3n) is 3.16. The molecule has 0 bridgehead atoms. The van der Waals surface area contributed by atoms with Gasteiger partial charge in [-0.1, -0.05) is 6.07 Å². The standard InChI is InChI=1S/C14H16FN3O2/c1-9-10(2)18(14(20)16-9)7-6-13(19)17-12-5-3-4-11(15)8-12/h3-5,8H,6-7H2,1-2H3,(H,16,20)(H,17,19). The van der Waals surface area contributed by atoms with Gasteiger partial charge in [0.05, 0.1) is 0 Å². The zero-order valence-corrected chi connectivity index (χ0v) is 11.4. The number of anilines is 1. The third-order valence-corrected chi connectivity index (χ3v) is 3.16. The van der Waals surface area contributed by atoms with Gasteiger partial charge in [-0.3, -0.25) is 9.36 Å². The number of benzene rings is 1. The van der Waals surface area contributed by atoms with Gasteiger partial charge in [0.25, 0.3) is 0 Å². The van der Waals surface area contributed by atoms with E-state index < -0.39 is 5.82 Å². The number of aromatic nitrogens is 2. The van der Waals surface area contributed by atoms with Gasteiger partial charge in [0.2, 0.25) is 5.91 Å². The lowest BCUT2D eigenvalue weighted by atomic mass is 10.3. The zero-order valence-electron chi connectivity index (χ0n) is 11.4. The molecule has 0 aliphatic carbocycles. The summed E-state index contributed by atoms with van der Waals surface area (Å²) in [5, 5.41) is 2.59. The maximum atomic E-state index is 13.0. The number of halogens is 1.